The molecule has 0 aliphatic heterocycles. The second kappa shape index (κ2) is 9.81. The van der Waals surface area contributed by atoms with Crippen molar-refractivity contribution in [3.05, 3.63) is 70.6 Å². The third kappa shape index (κ3) is 5.87. The Labute approximate surface area is 172 Å². The molecule has 29 heavy (non-hydrogen) atoms. The molecule has 0 radical (unpaired) electrons. The van der Waals surface area contributed by atoms with Crippen molar-refractivity contribution in [3.63, 3.8) is 0 Å². The second-order valence-electron chi connectivity index (χ2n) is 6.35. The molecule has 2 aromatic carbocycles. The number of anilines is 1. The van der Waals surface area contributed by atoms with E-state index in [-0.39, 0.29) is 5.91 Å². The van der Waals surface area contributed by atoms with Crippen LogP contribution in [0.2, 0.25) is 0 Å². The minimum Gasteiger partial charge on any atom is -0.384 e. The Morgan fingerprint density at radius 1 is 1.07 bits per heavy atom. The third-order valence-corrected chi connectivity index (χ3v) is 5.01. The summed E-state index contributed by atoms with van der Waals surface area (Å²) < 4.78 is 5.09. The van der Waals surface area contributed by atoms with Crippen LogP contribution in [0.1, 0.15) is 21.5 Å². The molecule has 0 unspecified atom stereocenters. The summed E-state index contributed by atoms with van der Waals surface area (Å²) in [5.41, 5.74) is 9.42. The number of methoxy groups -OCH3 is 1. The average Bonchev–Trinajstić information content (AvgIpc) is 3.20. The normalized spacial score (nSPS) is 10.5. The summed E-state index contributed by atoms with van der Waals surface area (Å²) in [6.45, 7) is 1.01. The molecule has 0 spiro atoms. The first-order chi connectivity index (χ1) is 14.0. The molecule has 0 aliphatic rings. The molecule has 0 atom stereocenters. The smallest absolute Gasteiger partial charge is 0.312 e. The molecule has 0 aliphatic carbocycles. The van der Waals surface area contributed by atoms with E-state index in [1.807, 2.05) is 17.5 Å². The van der Waals surface area contributed by atoms with E-state index in [0.717, 1.165) is 23.2 Å². The summed E-state index contributed by atoms with van der Waals surface area (Å²) in [4.78, 5) is 27.7. The molecule has 4 N–H and O–H groups in total. The van der Waals surface area contributed by atoms with Gasteiger partial charge in [-0.1, -0.05) is 36.4 Å². The summed E-state index contributed by atoms with van der Waals surface area (Å²) in [6.07, 6.45) is 0.868. The standard InChI is InChI=1S/C21H22N4O3S/c1-28-11-10-14-2-6-16(7-3-14)18-13-29-21(24-18)25-19(26)17-8-4-15(5-9-17)12-23-20(22)27/h2-9,13H,10-12H2,1H3,(H3,22,23,27)(H,24,25,26). The molecule has 1 aromatic heterocycles. The number of thiazole rings is 1. The number of nitrogens with two attached hydrogens (primary N) is 1. The Morgan fingerprint density at radius 2 is 1.76 bits per heavy atom. The van der Waals surface area contributed by atoms with Gasteiger partial charge >= 0.3 is 6.03 Å². The molecule has 1 heterocycles. The second-order valence-corrected chi connectivity index (χ2v) is 7.20. The number of aromatic nitrogens is 1. The number of hydrogen-bond donors (Lipinski definition) is 3. The van der Waals surface area contributed by atoms with Crippen LogP contribution in [0.3, 0.4) is 0 Å². The van der Waals surface area contributed by atoms with Crippen molar-refractivity contribution in [2.75, 3.05) is 19.0 Å². The number of ether oxygens (including phenoxy) is 1. The average molecular weight is 410 g/mol. The maximum atomic E-state index is 12.4. The summed E-state index contributed by atoms with van der Waals surface area (Å²) in [5, 5.41) is 7.78. The van der Waals surface area contributed by atoms with Crippen LogP contribution in [0.15, 0.2) is 53.9 Å². The number of benzene rings is 2. The lowest BCUT2D eigenvalue weighted by Crippen LogP contribution is -2.28. The van der Waals surface area contributed by atoms with E-state index >= 15 is 0 Å². The van der Waals surface area contributed by atoms with Crippen LogP contribution in [0, 0.1) is 0 Å². The highest BCUT2D eigenvalue weighted by Gasteiger charge is 2.10. The highest BCUT2D eigenvalue weighted by Crippen LogP contribution is 2.25. The topological polar surface area (TPSA) is 106 Å². The summed E-state index contributed by atoms with van der Waals surface area (Å²) in [7, 11) is 1.69. The van der Waals surface area contributed by atoms with E-state index in [0.29, 0.717) is 23.8 Å². The zero-order valence-corrected chi connectivity index (χ0v) is 16.8. The number of hydrogen-bond acceptors (Lipinski definition) is 5. The number of carbonyl (C=O) groups excluding carboxylic acids is 2. The molecule has 0 saturated carbocycles. The van der Waals surface area contributed by atoms with Crippen LogP contribution in [-0.4, -0.2) is 30.6 Å². The number of primary amides is 1. The molecule has 0 bridgehead atoms. The van der Waals surface area contributed by atoms with Crippen LogP contribution >= 0.6 is 11.3 Å². The van der Waals surface area contributed by atoms with Crippen molar-refractivity contribution < 1.29 is 14.3 Å². The molecule has 0 fully saturated rings. The van der Waals surface area contributed by atoms with E-state index in [1.165, 1.54) is 16.9 Å². The Kier molecular flexibility index (Phi) is 6.94. The predicted octanol–water partition coefficient (Wildman–Crippen LogP) is 3.42. The monoisotopic (exact) mass is 410 g/mol. The Hall–Kier alpha value is -3.23. The predicted molar refractivity (Wildman–Crippen MR) is 114 cm³/mol. The van der Waals surface area contributed by atoms with Crippen molar-refractivity contribution >= 4 is 28.4 Å². The largest absolute Gasteiger partial charge is 0.384 e. The Morgan fingerprint density at radius 3 is 2.41 bits per heavy atom. The molecule has 3 aromatic rings. The minimum atomic E-state index is -0.587. The summed E-state index contributed by atoms with van der Waals surface area (Å²) in [5.74, 6) is -0.241. The van der Waals surface area contributed by atoms with Crippen molar-refractivity contribution in [2.45, 2.75) is 13.0 Å². The lowest BCUT2D eigenvalue weighted by molar-refractivity contribution is 0.102. The van der Waals surface area contributed by atoms with Crippen LogP contribution in [0.4, 0.5) is 9.93 Å². The van der Waals surface area contributed by atoms with Gasteiger partial charge in [0.1, 0.15) is 0 Å². The van der Waals surface area contributed by atoms with Crippen molar-refractivity contribution in [1.82, 2.24) is 10.3 Å². The van der Waals surface area contributed by atoms with Gasteiger partial charge in [0, 0.05) is 30.2 Å². The lowest BCUT2D eigenvalue weighted by atomic mass is 10.1. The fraction of sp³-hybridized carbons (Fsp3) is 0.190. The zero-order valence-electron chi connectivity index (χ0n) is 16.0. The minimum absolute atomic E-state index is 0.241. The summed E-state index contributed by atoms with van der Waals surface area (Å²) >= 11 is 1.38. The maximum absolute atomic E-state index is 12.4. The number of amides is 3. The van der Waals surface area contributed by atoms with Crippen molar-refractivity contribution in [2.24, 2.45) is 5.73 Å². The zero-order chi connectivity index (χ0) is 20.6. The van der Waals surface area contributed by atoms with Gasteiger partial charge in [0.25, 0.3) is 5.91 Å². The number of urea groups is 1. The Bertz CT molecular complexity index is 968. The van der Waals surface area contributed by atoms with E-state index < -0.39 is 6.03 Å². The van der Waals surface area contributed by atoms with E-state index in [9.17, 15) is 9.59 Å². The van der Waals surface area contributed by atoms with Gasteiger partial charge in [0.15, 0.2) is 5.13 Å². The lowest BCUT2D eigenvalue weighted by Gasteiger charge is -2.05. The maximum Gasteiger partial charge on any atom is 0.312 e. The molecule has 150 valence electrons. The fourth-order valence-corrected chi connectivity index (χ4v) is 3.37. The van der Waals surface area contributed by atoms with Gasteiger partial charge < -0.3 is 15.8 Å². The van der Waals surface area contributed by atoms with Gasteiger partial charge in [0.05, 0.1) is 12.3 Å². The first kappa shape index (κ1) is 20.5. The SMILES string of the molecule is COCCc1ccc(-c2csc(NC(=O)c3ccc(CNC(N)=O)cc3)n2)cc1. The molecular formula is C21H22N4O3S. The van der Waals surface area contributed by atoms with Crippen LogP contribution in [-0.2, 0) is 17.7 Å². The highest BCUT2D eigenvalue weighted by atomic mass is 32.1. The molecule has 7 nitrogen and oxygen atoms in total. The molecular weight excluding hydrogens is 388 g/mol. The van der Waals surface area contributed by atoms with Gasteiger partial charge in [-0.15, -0.1) is 11.3 Å². The molecule has 3 rings (SSSR count). The van der Waals surface area contributed by atoms with E-state index in [4.69, 9.17) is 10.5 Å². The van der Waals surface area contributed by atoms with Crippen LogP contribution in [0.5, 0.6) is 0 Å². The van der Waals surface area contributed by atoms with Crippen LogP contribution in [0.25, 0.3) is 11.3 Å². The van der Waals surface area contributed by atoms with Crippen LogP contribution < -0.4 is 16.4 Å². The molecule has 8 heteroatoms. The number of rotatable bonds is 8. The van der Waals surface area contributed by atoms with Gasteiger partial charge in [-0.3, -0.25) is 10.1 Å². The van der Waals surface area contributed by atoms with E-state index in [1.54, 1.807) is 31.4 Å². The van der Waals surface area contributed by atoms with Crippen molar-refractivity contribution in [1.29, 1.82) is 0 Å². The summed E-state index contributed by atoms with van der Waals surface area (Å²) in [6, 6.07) is 14.5. The van der Waals surface area contributed by atoms with Crippen molar-refractivity contribution in [3.8, 4) is 11.3 Å². The van der Waals surface area contributed by atoms with Gasteiger partial charge in [-0.2, -0.15) is 0 Å². The third-order valence-electron chi connectivity index (χ3n) is 4.25. The quantitative estimate of drug-likeness (QED) is 0.529. The fourth-order valence-electron chi connectivity index (χ4n) is 2.66. The van der Waals surface area contributed by atoms with Gasteiger partial charge in [0.2, 0.25) is 0 Å². The highest BCUT2D eigenvalue weighted by molar-refractivity contribution is 7.14. The number of nitrogens with one attached hydrogen (secondary N) is 2. The Balaban J connectivity index is 1.60. The molecule has 0 saturated heterocycles. The first-order valence-electron chi connectivity index (χ1n) is 9.02. The van der Waals surface area contributed by atoms with E-state index in [2.05, 4.69) is 27.8 Å². The van der Waals surface area contributed by atoms with Gasteiger partial charge in [-0.25, -0.2) is 9.78 Å². The molecule has 3 amide bonds. The number of carbonyl (C=O) groups is 2. The number of nitrogens with zero attached hydrogens (tertiary/aromatic N) is 1. The van der Waals surface area contributed by atoms with Gasteiger partial charge in [-0.05, 0) is 29.7 Å². The first-order valence-corrected chi connectivity index (χ1v) is 9.90.